The lowest BCUT2D eigenvalue weighted by molar-refractivity contribution is 0.246. The summed E-state index contributed by atoms with van der Waals surface area (Å²) in [7, 11) is 0. The monoisotopic (exact) mass is 354 g/mol. The van der Waals surface area contributed by atoms with Crippen molar-refractivity contribution in [2.24, 2.45) is 0 Å². The summed E-state index contributed by atoms with van der Waals surface area (Å²) in [6, 6.07) is 8.33. The molecule has 2 saturated heterocycles. The summed E-state index contributed by atoms with van der Waals surface area (Å²) in [4.78, 5) is 20.3. The third kappa shape index (κ3) is 3.78. The number of hydrogen-bond acceptors (Lipinski definition) is 7. The Balaban J connectivity index is 1.38. The summed E-state index contributed by atoms with van der Waals surface area (Å²) in [5, 5.41) is 9.56. The molecule has 0 aliphatic carbocycles. The summed E-state index contributed by atoms with van der Waals surface area (Å²) >= 11 is 0. The number of rotatable bonds is 5. The van der Waals surface area contributed by atoms with Gasteiger partial charge in [-0.05, 0) is 25.0 Å². The zero-order valence-corrected chi connectivity index (χ0v) is 15.0. The maximum absolute atomic E-state index is 9.56. The van der Waals surface area contributed by atoms with Crippen LogP contribution in [-0.2, 0) is 6.54 Å². The predicted molar refractivity (Wildman–Crippen MR) is 101 cm³/mol. The molecule has 2 aromatic heterocycles. The van der Waals surface area contributed by atoms with Crippen LogP contribution < -0.4 is 9.80 Å². The molecule has 2 fully saturated rings. The van der Waals surface area contributed by atoms with E-state index in [9.17, 15) is 5.11 Å². The largest absolute Gasteiger partial charge is 0.394 e. The smallest absolute Gasteiger partial charge is 0.134 e. The van der Waals surface area contributed by atoms with Gasteiger partial charge >= 0.3 is 0 Å². The Morgan fingerprint density at radius 3 is 2.62 bits per heavy atom. The summed E-state index contributed by atoms with van der Waals surface area (Å²) in [6.07, 6.45) is 5.64. The fourth-order valence-electron chi connectivity index (χ4n) is 3.85. The first-order valence-electron chi connectivity index (χ1n) is 9.40. The number of aliphatic hydroxyl groups is 1. The van der Waals surface area contributed by atoms with Crippen LogP contribution in [0.15, 0.2) is 36.8 Å². The minimum Gasteiger partial charge on any atom is -0.394 e. The number of nitrogens with zero attached hydrogens (tertiary/aromatic N) is 6. The van der Waals surface area contributed by atoms with Gasteiger partial charge in [0, 0.05) is 51.5 Å². The highest BCUT2D eigenvalue weighted by Crippen LogP contribution is 2.26. The van der Waals surface area contributed by atoms with Gasteiger partial charge in [-0.25, -0.2) is 9.97 Å². The van der Waals surface area contributed by atoms with E-state index < -0.39 is 0 Å². The Kier molecular flexibility index (Phi) is 5.26. The molecule has 0 bridgehead atoms. The van der Waals surface area contributed by atoms with Gasteiger partial charge in [0.1, 0.15) is 18.0 Å². The lowest BCUT2D eigenvalue weighted by Crippen LogP contribution is -2.46. The highest BCUT2D eigenvalue weighted by molar-refractivity contribution is 5.51. The van der Waals surface area contributed by atoms with E-state index in [-0.39, 0.29) is 12.6 Å². The predicted octanol–water partition coefficient (Wildman–Crippen LogP) is 1.15. The molecule has 1 N–H and O–H groups in total. The van der Waals surface area contributed by atoms with E-state index in [1.807, 2.05) is 18.3 Å². The Labute approximate surface area is 154 Å². The average Bonchev–Trinajstić information content (AvgIpc) is 3.18. The second-order valence-electron chi connectivity index (χ2n) is 6.99. The van der Waals surface area contributed by atoms with Crippen molar-refractivity contribution in [1.82, 2.24) is 19.9 Å². The molecule has 2 aliphatic rings. The number of anilines is 2. The van der Waals surface area contributed by atoms with Crippen LogP contribution in [0.1, 0.15) is 18.5 Å². The highest BCUT2D eigenvalue weighted by atomic mass is 16.3. The average molecular weight is 354 g/mol. The SMILES string of the molecule is OCC1CCCN1c1cc(N2CCN(Cc3ccccn3)CC2)ncn1. The van der Waals surface area contributed by atoms with Gasteiger partial charge in [-0.2, -0.15) is 0 Å². The number of pyridine rings is 1. The quantitative estimate of drug-likeness (QED) is 0.864. The fourth-order valence-corrected chi connectivity index (χ4v) is 3.85. The summed E-state index contributed by atoms with van der Waals surface area (Å²) in [6.45, 7) is 5.94. The highest BCUT2D eigenvalue weighted by Gasteiger charge is 2.26. The molecular weight excluding hydrogens is 328 g/mol. The van der Waals surface area contributed by atoms with Crippen LogP contribution in [0.25, 0.3) is 0 Å². The minimum absolute atomic E-state index is 0.186. The first kappa shape index (κ1) is 17.2. The molecule has 0 radical (unpaired) electrons. The maximum atomic E-state index is 9.56. The standard InChI is InChI=1S/C19H26N6O/c26-14-17-5-3-7-25(17)19-12-18(21-15-22-19)24-10-8-23(9-11-24)13-16-4-1-2-6-20-16/h1-2,4,6,12,15,17,26H,3,5,7-11,13-14H2. The third-order valence-corrected chi connectivity index (χ3v) is 5.33. The topological polar surface area (TPSA) is 68.6 Å². The molecule has 26 heavy (non-hydrogen) atoms. The molecule has 0 aromatic carbocycles. The van der Waals surface area contributed by atoms with E-state index >= 15 is 0 Å². The van der Waals surface area contributed by atoms with Crippen LogP contribution in [0.2, 0.25) is 0 Å². The molecule has 0 spiro atoms. The third-order valence-electron chi connectivity index (χ3n) is 5.33. The van der Waals surface area contributed by atoms with Crippen molar-refractivity contribution >= 4 is 11.6 Å². The summed E-state index contributed by atoms with van der Waals surface area (Å²) in [5.74, 6) is 1.92. The lowest BCUT2D eigenvalue weighted by atomic mass is 10.2. The van der Waals surface area contributed by atoms with Gasteiger partial charge < -0.3 is 14.9 Å². The van der Waals surface area contributed by atoms with Crippen LogP contribution in [0.3, 0.4) is 0 Å². The van der Waals surface area contributed by atoms with E-state index in [1.165, 1.54) is 0 Å². The normalized spacial score (nSPS) is 21.3. The number of aliphatic hydroxyl groups excluding tert-OH is 1. The molecular formula is C19H26N6O. The van der Waals surface area contributed by atoms with Crippen LogP contribution in [-0.4, -0.2) is 70.3 Å². The van der Waals surface area contributed by atoms with Gasteiger partial charge in [0.05, 0.1) is 18.3 Å². The van der Waals surface area contributed by atoms with Crippen molar-refractivity contribution in [3.8, 4) is 0 Å². The molecule has 2 aliphatic heterocycles. The van der Waals surface area contributed by atoms with Crippen molar-refractivity contribution in [1.29, 1.82) is 0 Å². The number of piperazine rings is 1. The molecule has 1 unspecified atom stereocenters. The molecule has 4 rings (SSSR count). The minimum atomic E-state index is 0.186. The first-order valence-corrected chi connectivity index (χ1v) is 9.40. The van der Waals surface area contributed by atoms with Gasteiger partial charge in [-0.15, -0.1) is 0 Å². The molecule has 0 amide bonds. The molecule has 7 nitrogen and oxygen atoms in total. The van der Waals surface area contributed by atoms with Crippen LogP contribution >= 0.6 is 0 Å². The summed E-state index contributed by atoms with van der Waals surface area (Å²) < 4.78 is 0. The zero-order valence-electron chi connectivity index (χ0n) is 15.0. The van der Waals surface area contributed by atoms with Crippen molar-refractivity contribution < 1.29 is 5.11 Å². The van der Waals surface area contributed by atoms with Crippen LogP contribution in [0, 0.1) is 0 Å². The Hall–Kier alpha value is -2.25. The van der Waals surface area contributed by atoms with Gasteiger partial charge in [0.15, 0.2) is 0 Å². The maximum Gasteiger partial charge on any atom is 0.134 e. The zero-order chi connectivity index (χ0) is 17.8. The molecule has 0 saturated carbocycles. The number of aromatic nitrogens is 3. The second-order valence-corrected chi connectivity index (χ2v) is 6.99. The second kappa shape index (κ2) is 7.97. The van der Waals surface area contributed by atoms with E-state index in [4.69, 9.17) is 0 Å². The molecule has 1 atom stereocenters. The lowest BCUT2D eigenvalue weighted by Gasteiger charge is -2.35. The Morgan fingerprint density at radius 1 is 1.00 bits per heavy atom. The van der Waals surface area contributed by atoms with Gasteiger partial charge in [-0.1, -0.05) is 6.07 Å². The van der Waals surface area contributed by atoms with E-state index in [2.05, 4.69) is 41.8 Å². The van der Waals surface area contributed by atoms with Gasteiger partial charge in [0.2, 0.25) is 0 Å². The van der Waals surface area contributed by atoms with E-state index in [1.54, 1.807) is 6.33 Å². The van der Waals surface area contributed by atoms with Crippen LogP contribution in [0.4, 0.5) is 11.6 Å². The molecule has 2 aromatic rings. The van der Waals surface area contributed by atoms with E-state index in [0.717, 1.165) is 69.4 Å². The van der Waals surface area contributed by atoms with Crippen LogP contribution in [0.5, 0.6) is 0 Å². The molecule has 138 valence electrons. The van der Waals surface area contributed by atoms with Gasteiger partial charge in [-0.3, -0.25) is 9.88 Å². The van der Waals surface area contributed by atoms with Crippen molar-refractivity contribution in [2.45, 2.75) is 25.4 Å². The Bertz CT molecular complexity index is 704. The van der Waals surface area contributed by atoms with Gasteiger partial charge in [0.25, 0.3) is 0 Å². The van der Waals surface area contributed by atoms with E-state index in [0.29, 0.717) is 0 Å². The first-order chi connectivity index (χ1) is 12.8. The van der Waals surface area contributed by atoms with Crippen molar-refractivity contribution in [3.05, 3.63) is 42.5 Å². The molecule has 7 heteroatoms. The fraction of sp³-hybridized carbons (Fsp3) is 0.526. The summed E-state index contributed by atoms with van der Waals surface area (Å²) in [5.41, 5.74) is 1.12. The Morgan fingerprint density at radius 2 is 1.85 bits per heavy atom. The van der Waals surface area contributed by atoms with Crippen molar-refractivity contribution in [2.75, 3.05) is 49.1 Å². The molecule has 4 heterocycles. The number of hydrogen-bond donors (Lipinski definition) is 1. The van der Waals surface area contributed by atoms with Crippen molar-refractivity contribution in [3.63, 3.8) is 0 Å².